The maximum atomic E-state index is 11.6. The first-order chi connectivity index (χ1) is 7.25. The molecule has 1 amide bonds. The maximum Gasteiger partial charge on any atom is 0.234 e. The van der Waals surface area contributed by atoms with Crippen LogP contribution in [0.3, 0.4) is 0 Å². The molecule has 2 fully saturated rings. The first-order valence-electron chi connectivity index (χ1n) is 5.97. The molecule has 1 saturated heterocycles. The minimum absolute atomic E-state index is 0. The van der Waals surface area contributed by atoms with Gasteiger partial charge in [0.15, 0.2) is 0 Å². The van der Waals surface area contributed by atoms with Crippen LogP contribution in [0.2, 0.25) is 0 Å². The molecule has 0 radical (unpaired) electrons. The van der Waals surface area contributed by atoms with Gasteiger partial charge >= 0.3 is 0 Å². The van der Waals surface area contributed by atoms with Crippen LogP contribution in [-0.4, -0.2) is 49.6 Å². The van der Waals surface area contributed by atoms with Crippen LogP contribution < -0.4 is 10.6 Å². The highest BCUT2D eigenvalue weighted by Crippen LogP contribution is 2.27. The predicted molar refractivity (Wildman–Crippen MR) is 66.9 cm³/mol. The Morgan fingerprint density at radius 1 is 1.50 bits per heavy atom. The molecule has 16 heavy (non-hydrogen) atoms. The molecule has 1 heterocycles. The second-order valence-corrected chi connectivity index (χ2v) is 4.77. The summed E-state index contributed by atoms with van der Waals surface area (Å²) in [6, 6.07) is 0.477. The first kappa shape index (κ1) is 13.7. The van der Waals surface area contributed by atoms with Gasteiger partial charge in [0.05, 0.1) is 6.54 Å². The molecule has 1 aliphatic heterocycles. The molecule has 0 bridgehead atoms. The summed E-state index contributed by atoms with van der Waals surface area (Å²) in [5.74, 6) is 0.963. The lowest BCUT2D eigenvalue weighted by Crippen LogP contribution is -2.52. The summed E-state index contributed by atoms with van der Waals surface area (Å²) in [6.07, 6.45) is 2.59. The van der Waals surface area contributed by atoms with Gasteiger partial charge in [-0.05, 0) is 25.7 Å². The van der Waals surface area contributed by atoms with Crippen molar-refractivity contribution in [1.29, 1.82) is 0 Å². The Morgan fingerprint density at radius 3 is 2.88 bits per heavy atom. The van der Waals surface area contributed by atoms with Gasteiger partial charge in [-0.3, -0.25) is 9.69 Å². The van der Waals surface area contributed by atoms with E-state index in [1.165, 1.54) is 12.8 Å². The molecule has 0 unspecified atom stereocenters. The van der Waals surface area contributed by atoms with Crippen LogP contribution in [0.4, 0.5) is 0 Å². The minimum atomic E-state index is 0. The second-order valence-electron chi connectivity index (χ2n) is 4.77. The van der Waals surface area contributed by atoms with Crippen molar-refractivity contribution in [3.8, 4) is 0 Å². The third kappa shape index (κ3) is 4.28. The van der Waals surface area contributed by atoms with Crippen molar-refractivity contribution in [3.05, 3.63) is 0 Å². The van der Waals surface area contributed by atoms with Crippen molar-refractivity contribution in [3.63, 3.8) is 0 Å². The van der Waals surface area contributed by atoms with Crippen molar-refractivity contribution >= 4 is 18.3 Å². The fourth-order valence-electron chi connectivity index (χ4n) is 1.94. The summed E-state index contributed by atoms with van der Waals surface area (Å²) in [5, 5.41) is 6.34. The molecule has 2 aliphatic rings. The van der Waals surface area contributed by atoms with E-state index in [4.69, 9.17) is 0 Å². The van der Waals surface area contributed by atoms with Gasteiger partial charge in [-0.15, -0.1) is 12.4 Å². The molecule has 1 saturated carbocycles. The number of hydrogen-bond donors (Lipinski definition) is 2. The van der Waals surface area contributed by atoms with E-state index in [0.29, 0.717) is 12.6 Å². The van der Waals surface area contributed by atoms with Gasteiger partial charge in [-0.25, -0.2) is 0 Å². The molecule has 1 atom stereocenters. The summed E-state index contributed by atoms with van der Waals surface area (Å²) >= 11 is 0. The van der Waals surface area contributed by atoms with Gasteiger partial charge in [-0.1, -0.05) is 0 Å². The van der Waals surface area contributed by atoms with E-state index in [2.05, 4.69) is 22.5 Å². The van der Waals surface area contributed by atoms with E-state index in [1.54, 1.807) is 0 Å². The molecule has 1 aliphatic carbocycles. The van der Waals surface area contributed by atoms with Crippen LogP contribution in [-0.2, 0) is 4.79 Å². The Hall–Kier alpha value is -0.320. The highest BCUT2D eigenvalue weighted by Gasteiger charge is 2.23. The topological polar surface area (TPSA) is 44.4 Å². The highest BCUT2D eigenvalue weighted by molar-refractivity contribution is 5.85. The van der Waals surface area contributed by atoms with Crippen LogP contribution in [0, 0.1) is 5.92 Å². The number of nitrogens with one attached hydrogen (secondary N) is 2. The number of carbonyl (C=O) groups is 1. The molecule has 0 aromatic carbocycles. The molecule has 0 aromatic heterocycles. The van der Waals surface area contributed by atoms with Crippen LogP contribution in [0.25, 0.3) is 0 Å². The van der Waals surface area contributed by atoms with Gasteiger partial charge in [0, 0.05) is 32.2 Å². The summed E-state index contributed by atoms with van der Waals surface area (Å²) < 4.78 is 0. The smallest absolute Gasteiger partial charge is 0.234 e. The fourth-order valence-corrected chi connectivity index (χ4v) is 1.94. The number of nitrogens with zero attached hydrogens (tertiary/aromatic N) is 1. The number of piperazine rings is 1. The van der Waals surface area contributed by atoms with Crippen molar-refractivity contribution in [2.45, 2.75) is 25.8 Å². The van der Waals surface area contributed by atoms with E-state index in [0.717, 1.165) is 32.1 Å². The van der Waals surface area contributed by atoms with Crippen molar-refractivity contribution in [2.75, 3.05) is 32.7 Å². The lowest BCUT2D eigenvalue weighted by Gasteiger charge is -2.33. The molecular weight excluding hydrogens is 226 g/mol. The van der Waals surface area contributed by atoms with Crippen LogP contribution in [0.15, 0.2) is 0 Å². The second kappa shape index (κ2) is 6.42. The summed E-state index contributed by atoms with van der Waals surface area (Å²) in [7, 11) is 0. The maximum absolute atomic E-state index is 11.6. The third-order valence-electron chi connectivity index (χ3n) is 3.27. The van der Waals surface area contributed by atoms with Gasteiger partial charge in [-0.2, -0.15) is 0 Å². The largest absolute Gasteiger partial charge is 0.355 e. The molecule has 0 spiro atoms. The van der Waals surface area contributed by atoms with Gasteiger partial charge in [0.25, 0.3) is 0 Å². The minimum Gasteiger partial charge on any atom is -0.355 e. The quantitative estimate of drug-likeness (QED) is 0.748. The Morgan fingerprint density at radius 2 is 2.25 bits per heavy atom. The number of halogens is 1. The van der Waals surface area contributed by atoms with E-state index >= 15 is 0 Å². The van der Waals surface area contributed by atoms with Gasteiger partial charge in [0.2, 0.25) is 5.91 Å². The van der Waals surface area contributed by atoms with Crippen molar-refractivity contribution < 1.29 is 4.79 Å². The summed E-state index contributed by atoms with van der Waals surface area (Å²) in [6.45, 7) is 6.60. The number of carbonyl (C=O) groups excluding carboxylic acids is 1. The molecule has 94 valence electrons. The average molecular weight is 248 g/mol. The lowest BCUT2D eigenvalue weighted by atomic mass is 10.2. The number of amides is 1. The van der Waals surface area contributed by atoms with Crippen molar-refractivity contribution in [1.82, 2.24) is 15.5 Å². The Labute approximate surface area is 104 Å². The number of rotatable bonds is 4. The van der Waals surface area contributed by atoms with E-state index in [9.17, 15) is 4.79 Å². The SMILES string of the molecule is C[C@H]1CNCCN1CC(=O)NCC1CC1.Cl. The Balaban J connectivity index is 0.00000128. The standard InChI is InChI=1S/C11H21N3O.ClH/c1-9-6-12-4-5-14(9)8-11(15)13-7-10-2-3-10;/h9-10,12H,2-8H2,1H3,(H,13,15);1H/t9-;/m0./s1. The zero-order valence-electron chi connectivity index (χ0n) is 9.87. The average Bonchev–Trinajstić information content (AvgIpc) is 3.02. The molecule has 5 heteroatoms. The lowest BCUT2D eigenvalue weighted by molar-refractivity contribution is -0.123. The Bertz CT molecular complexity index is 233. The monoisotopic (exact) mass is 247 g/mol. The molecule has 2 N–H and O–H groups in total. The van der Waals surface area contributed by atoms with E-state index in [1.807, 2.05) is 0 Å². The summed E-state index contributed by atoms with van der Waals surface area (Å²) in [4.78, 5) is 13.9. The Kier molecular flexibility index (Phi) is 5.52. The zero-order valence-corrected chi connectivity index (χ0v) is 10.7. The highest BCUT2D eigenvalue weighted by atomic mass is 35.5. The van der Waals surface area contributed by atoms with Crippen LogP contribution in [0.5, 0.6) is 0 Å². The molecule has 2 rings (SSSR count). The van der Waals surface area contributed by atoms with Gasteiger partial charge < -0.3 is 10.6 Å². The fraction of sp³-hybridized carbons (Fsp3) is 0.909. The number of hydrogen-bond acceptors (Lipinski definition) is 3. The van der Waals surface area contributed by atoms with Crippen LogP contribution in [0.1, 0.15) is 19.8 Å². The van der Waals surface area contributed by atoms with Gasteiger partial charge in [0.1, 0.15) is 0 Å². The van der Waals surface area contributed by atoms with E-state index in [-0.39, 0.29) is 18.3 Å². The molecule has 4 nitrogen and oxygen atoms in total. The third-order valence-corrected chi connectivity index (χ3v) is 3.27. The summed E-state index contributed by atoms with van der Waals surface area (Å²) in [5.41, 5.74) is 0. The predicted octanol–water partition coefficient (Wildman–Crippen LogP) is 0.228. The normalized spacial score (nSPS) is 25.9. The first-order valence-corrected chi connectivity index (χ1v) is 5.97. The van der Waals surface area contributed by atoms with Crippen LogP contribution >= 0.6 is 12.4 Å². The molecular formula is C11H22ClN3O. The molecule has 0 aromatic rings. The van der Waals surface area contributed by atoms with E-state index < -0.39 is 0 Å². The zero-order chi connectivity index (χ0) is 10.7. The van der Waals surface area contributed by atoms with Crippen molar-refractivity contribution in [2.24, 2.45) is 5.92 Å².